The van der Waals surface area contributed by atoms with Crippen molar-refractivity contribution in [3.8, 4) is 5.75 Å². The first-order chi connectivity index (χ1) is 9.40. The van der Waals surface area contributed by atoms with Crippen LogP contribution in [-0.2, 0) is 4.74 Å². The zero-order valence-electron chi connectivity index (χ0n) is 11.3. The molecule has 2 aromatic rings. The number of nitrogens with one attached hydrogen (secondary N) is 1. The maximum Gasteiger partial charge on any atom is 0.138 e. The topological polar surface area (TPSA) is 43.4 Å². The molecule has 0 aliphatic carbocycles. The van der Waals surface area contributed by atoms with Gasteiger partial charge in [-0.05, 0) is 25.1 Å². The molecular weight excluding hydrogens is 240 g/mol. The Morgan fingerprint density at radius 3 is 2.95 bits per heavy atom. The van der Waals surface area contributed by atoms with Crippen molar-refractivity contribution in [2.45, 2.75) is 6.42 Å². The average Bonchev–Trinajstić information content (AvgIpc) is 2.46. The number of benzene rings is 1. The summed E-state index contributed by atoms with van der Waals surface area (Å²) in [6.07, 6.45) is 2.75. The monoisotopic (exact) mass is 260 g/mol. The van der Waals surface area contributed by atoms with E-state index in [2.05, 4.69) is 10.3 Å². The molecule has 0 bridgehead atoms. The van der Waals surface area contributed by atoms with Crippen molar-refractivity contribution in [2.75, 3.05) is 33.4 Å². The van der Waals surface area contributed by atoms with Gasteiger partial charge in [0.25, 0.3) is 0 Å². The number of pyridine rings is 1. The Morgan fingerprint density at radius 2 is 2.05 bits per heavy atom. The lowest BCUT2D eigenvalue weighted by molar-refractivity contribution is 0.198. The maximum absolute atomic E-state index is 5.69. The molecule has 1 heterocycles. The second-order valence-corrected chi connectivity index (χ2v) is 4.31. The molecule has 0 radical (unpaired) electrons. The predicted octanol–water partition coefficient (Wildman–Crippen LogP) is 2.24. The first-order valence-corrected chi connectivity index (χ1v) is 6.57. The first-order valence-electron chi connectivity index (χ1n) is 6.57. The molecule has 1 aromatic carbocycles. The molecule has 1 aromatic heterocycles. The Labute approximate surface area is 113 Å². The third kappa shape index (κ3) is 4.50. The molecule has 1 N–H and O–H groups in total. The Kier molecular flexibility index (Phi) is 5.59. The number of ether oxygens (including phenoxy) is 2. The minimum Gasteiger partial charge on any atom is -0.492 e. The summed E-state index contributed by atoms with van der Waals surface area (Å²) in [5.41, 5.74) is 0.996. The fraction of sp³-hybridized carbons (Fsp3) is 0.400. The third-order valence-corrected chi connectivity index (χ3v) is 2.81. The lowest BCUT2D eigenvalue weighted by Crippen LogP contribution is -2.21. The molecule has 4 heteroatoms. The Bertz CT molecular complexity index is 502. The van der Waals surface area contributed by atoms with Crippen LogP contribution in [0.2, 0.25) is 0 Å². The Hall–Kier alpha value is -1.65. The normalized spacial score (nSPS) is 10.8. The minimum absolute atomic E-state index is 0.694. The highest BCUT2D eigenvalue weighted by Crippen LogP contribution is 2.17. The van der Waals surface area contributed by atoms with E-state index < -0.39 is 0 Å². The summed E-state index contributed by atoms with van der Waals surface area (Å²) in [6.45, 7) is 3.26. The molecular formula is C15H20N2O2. The first kappa shape index (κ1) is 13.8. The standard InChI is InChI=1S/C15H20N2O2/c1-18-10-8-16-7-4-9-19-14-11-13-5-2-3-6-15(13)17-12-14/h2-3,5-6,11-12,16H,4,7-10H2,1H3. The van der Waals surface area contributed by atoms with E-state index in [-0.39, 0.29) is 0 Å². The second-order valence-electron chi connectivity index (χ2n) is 4.31. The summed E-state index contributed by atoms with van der Waals surface area (Å²) in [5, 5.41) is 4.39. The number of hydrogen-bond donors (Lipinski definition) is 1. The van der Waals surface area contributed by atoms with Gasteiger partial charge < -0.3 is 14.8 Å². The number of hydrogen-bond acceptors (Lipinski definition) is 4. The highest BCUT2D eigenvalue weighted by molar-refractivity contribution is 5.79. The number of nitrogens with zero attached hydrogens (tertiary/aromatic N) is 1. The van der Waals surface area contributed by atoms with Gasteiger partial charge in [0.15, 0.2) is 0 Å². The molecule has 2 rings (SSSR count). The van der Waals surface area contributed by atoms with Gasteiger partial charge in [0.2, 0.25) is 0 Å². The minimum atomic E-state index is 0.694. The van der Waals surface area contributed by atoms with Gasteiger partial charge in [0, 0.05) is 19.0 Å². The van der Waals surface area contributed by atoms with E-state index in [4.69, 9.17) is 9.47 Å². The summed E-state index contributed by atoms with van der Waals surface area (Å²) in [5.74, 6) is 0.829. The van der Waals surface area contributed by atoms with Crippen LogP contribution in [0, 0.1) is 0 Å². The van der Waals surface area contributed by atoms with Crippen molar-refractivity contribution < 1.29 is 9.47 Å². The number of aromatic nitrogens is 1. The smallest absolute Gasteiger partial charge is 0.138 e. The van der Waals surface area contributed by atoms with Crippen LogP contribution in [0.1, 0.15) is 6.42 Å². The van der Waals surface area contributed by atoms with E-state index >= 15 is 0 Å². The molecule has 0 aliphatic heterocycles. The predicted molar refractivity (Wildman–Crippen MR) is 76.6 cm³/mol. The van der Waals surface area contributed by atoms with Gasteiger partial charge in [-0.25, -0.2) is 0 Å². The molecule has 0 amide bonds. The molecule has 0 aliphatic rings. The highest BCUT2D eigenvalue weighted by atomic mass is 16.5. The maximum atomic E-state index is 5.69. The lowest BCUT2D eigenvalue weighted by atomic mass is 10.2. The summed E-state index contributed by atoms with van der Waals surface area (Å²) < 4.78 is 10.6. The van der Waals surface area contributed by atoms with E-state index in [0.717, 1.165) is 42.8 Å². The summed E-state index contributed by atoms with van der Waals surface area (Å²) in [4.78, 5) is 4.36. The van der Waals surface area contributed by atoms with Crippen LogP contribution in [0.25, 0.3) is 10.9 Å². The van der Waals surface area contributed by atoms with E-state index in [1.807, 2.05) is 30.3 Å². The van der Waals surface area contributed by atoms with Gasteiger partial charge in [0.1, 0.15) is 5.75 Å². The molecule has 102 valence electrons. The van der Waals surface area contributed by atoms with Crippen LogP contribution in [0.15, 0.2) is 36.5 Å². The molecule has 0 atom stereocenters. The molecule has 0 unspecified atom stereocenters. The molecule has 4 nitrogen and oxygen atoms in total. The van der Waals surface area contributed by atoms with E-state index in [9.17, 15) is 0 Å². The fourth-order valence-corrected chi connectivity index (χ4v) is 1.82. The van der Waals surface area contributed by atoms with Crippen LogP contribution in [-0.4, -0.2) is 38.4 Å². The molecule has 0 fully saturated rings. The van der Waals surface area contributed by atoms with Crippen molar-refractivity contribution in [1.29, 1.82) is 0 Å². The van der Waals surface area contributed by atoms with Crippen LogP contribution in [0.3, 0.4) is 0 Å². The third-order valence-electron chi connectivity index (χ3n) is 2.81. The molecule has 0 saturated carbocycles. The van der Waals surface area contributed by atoms with Crippen molar-refractivity contribution in [3.63, 3.8) is 0 Å². The number of fused-ring (bicyclic) bond motifs is 1. The number of methoxy groups -OCH3 is 1. The number of para-hydroxylation sites is 1. The molecule has 0 spiro atoms. The fourth-order valence-electron chi connectivity index (χ4n) is 1.82. The summed E-state index contributed by atoms with van der Waals surface area (Å²) >= 11 is 0. The van der Waals surface area contributed by atoms with Crippen LogP contribution in [0.5, 0.6) is 5.75 Å². The van der Waals surface area contributed by atoms with Gasteiger partial charge in [-0.15, -0.1) is 0 Å². The van der Waals surface area contributed by atoms with E-state index in [1.165, 1.54) is 0 Å². The summed E-state index contributed by atoms with van der Waals surface area (Å²) in [7, 11) is 1.71. The molecule has 19 heavy (non-hydrogen) atoms. The number of rotatable bonds is 8. The van der Waals surface area contributed by atoms with Crippen molar-refractivity contribution >= 4 is 10.9 Å². The van der Waals surface area contributed by atoms with Crippen LogP contribution < -0.4 is 10.1 Å². The van der Waals surface area contributed by atoms with Gasteiger partial charge in [0.05, 0.1) is 24.9 Å². The summed E-state index contributed by atoms with van der Waals surface area (Å²) in [6, 6.07) is 10.1. The Morgan fingerprint density at radius 1 is 1.16 bits per heavy atom. The lowest BCUT2D eigenvalue weighted by Gasteiger charge is -2.07. The van der Waals surface area contributed by atoms with E-state index in [1.54, 1.807) is 13.3 Å². The Balaban J connectivity index is 1.72. The van der Waals surface area contributed by atoms with Gasteiger partial charge in [-0.2, -0.15) is 0 Å². The van der Waals surface area contributed by atoms with Crippen LogP contribution >= 0.6 is 0 Å². The highest BCUT2D eigenvalue weighted by Gasteiger charge is 1.98. The van der Waals surface area contributed by atoms with Crippen molar-refractivity contribution in [3.05, 3.63) is 36.5 Å². The quantitative estimate of drug-likeness (QED) is 0.739. The van der Waals surface area contributed by atoms with Crippen molar-refractivity contribution in [2.24, 2.45) is 0 Å². The van der Waals surface area contributed by atoms with Gasteiger partial charge >= 0.3 is 0 Å². The van der Waals surface area contributed by atoms with Gasteiger partial charge in [-0.1, -0.05) is 18.2 Å². The second kappa shape index (κ2) is 7.71. The van der Waals surface area contributed by atoms with Crippen LogP contribution in [0.4, 0.5) is 0 Å². The van der Waals surface area contributed by atoms with E-state index in [0.29, 0.717) is 6.61 Å². The van der Waals surface area contributed by atoms with Crippen molar-refractivity contribution in [1.82, 2.24) is 10.3 Å². The molecule has 0 saturated heterocycles. The largest absolute Gasteiger partial charge is 0.492 e. The SMILES string of the molecule is COCCNCCCOc1cnc2ccccc2c1. The average molecular weight is 260 g/mol. The zero-order chi connectivity index (χ0) is 13.3. The zero-order valence-corrected chi connectivity index (χ0v) is 11.3. The van der Waals surface area contributed by atoms with Gasteiger partial charge in [-0.3, -0.25) is 4.98 Å².